The zero-order valence-corrected chi connectivity index (χ0v) is 19.3. The van der Waals surface area contributed by atoms with Crippen molar-refractivity contribution in [2.24, 2.45) is 0 Å². The molecule has 1 aromatic heterocycles. The Hall–Kier alpha value is -3.49. The summed E-state index contributed by atoms with van der Waals surface area (Å²) in [6, 6.07) is 22.9. The molecule has 0 saturated heterocycles. The number of rotatable bonds is 7. The van der Waals surface area contributed by atoms with E-state index in [1.807, 2.05) is 53.9 Å². The average molecular weight is 478 g/mol. The van der Waals surface area contributed by atoms with Crippen LogP contribution in [-0.2, 0) is 9.59 Å². The molecule has 2 amide bonds. The average Bonchev–Trinajstić information content (AvgIpc) is 3.26. The summed E-state index contributed by atoms with van der Waals surface area (Å²) in [5, 5.41) is 7.44. The first-order chi connectivity index (χ1) is 16.0. The lowest BCUT2D eigenvalue weighted by molar-refractivity contribution is -0.116. The zero-order chi connectivity index (χ0) is 23.2. The number of halogens is 1. The molecule has 0 aliphatic heterocycles. The summed E-state index contributed by atoms with van der Waals surface area (Å²) >= 11 is 2.70. The van der Waals surface area contributed by atoms with Crippen LogP contribution in [0.15, 0.2) is 89.1 Å². The Bertz CT molecular complexity index is 1260. The molecule has 1 unspecified atom stereocenters. The van der Waals surface area contributed by atoms with Gasteiger partial charge in [-0.2, -0.15) is 0 Å². The molecule has 5 nitrogen and oxygen atoms in total. The lowest BCUT2D eigenvalue weighted by atomic mass is 10.1. The van der Waals surface area contributed by atoms with Crippen LogP contribution in [0.2, 0.25) is 0 Å². The summed E-state index contributed by atoms with van der Waals surface area (Å²) in [5.41, 5.74) is 2.96. The summed E-state index contributed by atoms with van der Waals surface area (Å²) in [6.07, 6.45) is 0. The van der Waals surface area contributed by atoms with E-state index in [1.54, 1.807) is 18.2 Å². The number of aromatic nitrogens is 1. The molecule has 0 saturated carbocycles. The fourth-order valence-electron chi connectivity index (χ4n) is 3.14. The van der Waals surface area contributed by atoms with E-state index < -0.39 is 5.25 Å². The molecule has 2 N–H and O–H groups in total. The highest BCUT2D eigenvalue weighted by atomic mass is 32.2. The first-order valence-electron chi connectivity index (χ1n) is 10.1. The maximum absolute atomic E-state index is 13.3. The lowest BCUT2D eigenvalue weighted by Crippen LogP contribution is -2.19. The Balaban J connectivity index is 1.55. The van der Waals surface area contributed by atoms with Gasteiger partial charge in [0.2, 0.25) is 11.8 Å². The second kappa shape index (κ2) is 10.4. The highest BCUT2D eigenvalue weighted by Gasteiger charge is 2.23. The molecule has 0 aliphatic rings. The molecule has 3 aromatic carbocycles. The van der Waals surface area contributed by atoms with Crippen LogP contribution in [0, 0.1) is 5.82 Å². The van der Waals surface area contributed by atoms with Crippen molar-refractivity contribution in [1.82, 2.24) is 4.98 Å². The highest BCUT2D eigenvalue weighted by molar-refractivity contribution is 8.00. The second-order valence-electron chi connectivity index (χ2n) is 7.15. The van der Waals surface area contributed by atoms with Crippen LogP contribution >= 0.6 is 23.1 Å². The molecule has 0 aliphatic carbocycles. The second-order valence-corrected chi connectivity index (χ2v) is 9.19. The SMILES string of the molecule is CC(=O)Nc1cccc(SC(C(=O)Nc2nc(-c3ccc(F)cc3)cs2)c2ccccc2)c1. The Kier molecular flexibility index (Phi) is 7.16. The molecule has 0 spiro atoms. The molecule has 0 fully saturated rings. The molecule has 166 valence electrons. The lowest BCUT2D eigenvalue weighted by Gasteiger charge is -2.16. The van der Waals surface area contributed by atoms with Gasteiger partial charge in [-0.1, -0.05) is 36.4 Å². The minimum Gasteiger partial charge on any atom is -0.326 e. The van der Waals surface area contributed by atoms with Crippen LogP contribution in [0.4, 0.5) is 15.2 Å². The summed E-state index contributed by atoms with van der Waals surface area (Å²) < 4.78 is 13.2. The number of thiazole rings is 1. The van der Waals surface area contributed by atoms with E-state index in [0.717, 1.165) is 16.0 Å². The van der Waals surface area contributed by atoms with Crippen LogP contribution in [0.5, 0.6) is 0 Å². The molecular weight excluding hydrogens is 457 g/mol. The standard InChI is InChI=1S/C25H20FN3O2S2/c1-16(30)27-20-8-5-9-21(14-20)33-23(18-6-3-2-4-7-18)24(31)29-25-28-22(15-32-25)17-10-12-19(26)13-11-17/h2-15,23H,1H3,(H,27,30)(H,28,29,31). The number of hydrogen-bond acceptors (Lipinski definition) is 5. The van der Waals surface area contributed by atoms with Crippen LogP contribution in [0.3, 0.4) is 0 Å². The molecule has 0 radical (unpaired) electrons. The number of thioether (sulfide) groups is 1. The third-order valence-electron chi connectivity index (χ3n) is 4.62. The highest BCUT2D eigenvalue weighted by Crippen LogP contribution is 2.37. The number of nitrogens with zero attached hydrogens (tertiary/aromatic N) is 1. The van der Waals surface area contributed by atoms with Gasteiger partial charge in [-0.3, -0.25) is 9.59 Å². The van der Waals surface area contributed by atoms with E-state index in [0.29, 0.717) is 16.5 Å². The van der Waals surface area contributed by atoms with E-state index in [9.17, 15) is 14.0 Å². The fourth-order valence-corrected chi connectivity index (χ4v) is 4.95. The van der Waals surface area contributed by atoms with E-state index in [4.69, 9.17) is 0 Å². The molecule has 1 atom stereocenters. The van der Waals surface area contributed by atoms with Crippen LogP contribution in [0.1, 0.15) is 17.7 Å². The van der Waals surface area contributed by atoms with Crippen molar-refractivity contribution < 1.29 is 14.0 Å². The number of anilines is 2. The summed E-state index contributed by atoms with van der Waals surface area (Å²) in [6.45, 7) is 1.45. The van der Waals surface area contributed by atoms with Crippen molar-refractivity contribution in [3.05, 3.63) is 95.6 Å². The van der Waals surface area contributed by atoms with Crippen molar-refractivity contribution in [3.8, 4) is 11.3 Å². The number of nitrogens with one attached hydrogen (secondary N) is 2. The Labute approximate surface area is 199 Å². The number of hydrogen-bond donors (Lipinski definition) is 2. The third-order valence-corrected chi connectivity index (χ3v) is 6.63. The number of benzene rings is 3. The number of carbonyl (C=O) groups excluding carboxylic acids is 2. The Morgan fingerprint density at radius 2 is 1.73 bits per heavy atom. The van der Waals surface area contributed by atoms with Gasteiger partial charge < -0.3 is 10.6 Å². The minimum atomic E-state index is -0.531. The van der Waals surface area contributed by atoms with Crippen molar-refractivity contribution >= 4 is 45.7 Å². The molecular formula is C25H20FN3O2S2. The molecule has 8 heteroatoms. The summed E-state index contributed by atoms with van der Waals surface area (Å²) in [4.78, 5) is 30.0. The first-order valence-corrected chi connectivity index (χ1v) is 11.9. The van der Waals surface area contributed by atoms with Gasteiger partial charge in [-0.05, 0) is 48.0 Å². The molecule has 33 heavy (non-hydrogen) atoms. The summed E-state index contributed by atoms with van der Waals surface area (Å²) in [5.74, 6) is -0.681. The van der Waals surface area contributed by atoms with Crippen molar-refractivity contribution in [1.29, 1.82) is 0 Å². The van der Waals surface area contributed by atoms with E-state index in [2.05, 4.69) is 15.6 Å². The van der Waals surface area contributed by atoms with Crippen molar-refractivity contribution in [2.45, 2.75) is 17.1 Å². The normalized spacial score (nSPS) is 11.6. The molecule has 4 aromatic rings. The Morgan fingerprint density at radius 1 is 0.970 bits per heavy atom. The maximum Gasteiger partial charge on any atom is 0.244 e. The van der Waals surface area contributed by atoms with Crippen LogP contribution in [-0.4, -0.2) is 16.8 Å². The smallest absolute Gasteiger partial charge is 0.244 e. The van der Waals surface area contributed by atoms with Gasteiger partial charge in [0.15, 0.2) is 5.13 Å². The molecule has 1 heterocycles. The van der Waals surface area contributed by atoms with Crippen LogP contribution in [0.25, 0.3) is 11.3 Å². The van der Waals surface area contributed by atoms with Gasteiger partial charge in [-0.15, -0.1) is 23.1 Å². The fraction of sp³-hybridized carbons (Fsp3) is 0.0800. The number of carbonyl (C=O) groups is 2. The first kappa shape index (κ1) is 22.7. The van der Waals surface area contributed by atoms with Crippen LogP contribution < -0.4 is 10.6 Å². The van der Waals surface area contributed by atoms with Crippen molar-refractivity contribution in [3.63, 3.8) is 0 Å². The van der Waals surface area contributed by atoms with Gasteiger partial charge in [-0.25, -0.2) is 9.37 Å². The van der Waals surface area contributed by atoms with Gasteiger partial charge in [0.1, 0.15) is 11.1 Å². The van der Waals surface area contributed by atoms with Gasteiger partial charge >= 0.3 is 0 Å². The molecule has 0 bridgehead atoms. The maximum atomic E-state index is 13.3. The third kappa shape index (κ3) is 6.06. The zero-order valence-electron chi connectivity index (χ0n) is 17.6. The topological polar surface area (TPSA) is 71.1 Å². The Morgan fingerprint density at radius 3 is 2.45 bits per heavy atom. The number of amides is 2. The van der Waals surface area contributed by atoms with E-state index in [1.165, 1.54) is 42.2 Å². The van der Waals surface area contributed by atoms with Gasteiger partial charge in [0.05, 0.1) is 5.69 Å². The minimum absolute atomic E-state index is 0.157. The van der Waals surface area contributed by atoms with E-state index in [-0.39, 0.29) is 17.6 Å². The summed E-state index contributed by atoms with van der Waals surface area (Å²) in [7, 11) is 0. The van der Waals surface area contributed by atoms with Gasteiger partial charge in [0, 0.05) is 28.5 Å². The predicted molar refractivity (Wildman–Crippen MR) is 132 cm³/mol. The monoisotopic (exact) mass is 477 g/mol. The van der Waals surface area contributed by atoms with E-state index >= 15 is 0 Å². The quantitative estimate of drug-likeness (QED) is 0.303. The largest absolute Gasteiger partial charge is 0.326 e. The van der Waals surface area contributed by atoms with Crippen molar-refractivity contribution in [2.75, 3.05) is 10.6 Å². The van der Waals surface area contributed by atoms with Gasteiger partial charge in [0.25, 0.3) is 0 Å². The molecule has 4 rings (SSSR count). The predicted octanol–water partition coefficient (Wildman–Crippen LogP) is 6.38.